The molecule has 5 nitrogen and oxygen atoms in total. The highest BCUT2D eigenvalue weighted by atomic mass is 127. The number of ether oxygens (including phenoxy) is 1. The lowest BCUT2D eigenvalue weighted by atomic mass is 10.0. The summed E-state index contributed by atoms with van der Waals surface area (Å²) in [5.74, 6) is -2.58. The molecule has 0 radical (unpaired) electrons. The fourth-order valence-electron chi connectivity index (χ4n) is 2.26. The van der Waals surface area contributed by atoms with Gasteiger partial charge < -0.3 is 0 Å². The summed E-state index contributed by atoms with van der Waals surface area (Å²) < 4.78 is 125. The molecule has 27 heavy (non-hydrogen) atoms. The van der Waals surface area contributed by atoms with Crippen molar-refractivity contribution < 1.29 is 53.1 Å². The van der Waals surface area contributed by atoms with Gasteiger partial charge in [-0.05, 0) is 12.8 Å². The topological polar surface area (TPSA) is 72.5 Å². The van der Waals surface area contributed by atoms with E-state index in [1.165, 1.54) is 0 Å². The highest BCUT2D eigenvalue weighted by Crippen LogP contribution is 2.48. The molecule has 0 aliphatic heterocycles. The van der Waals surface area contributed by atoms with Crippen molar-refractivity contribution in [3.8, 4) is 0 Å². The molecular weight excluding hydrogens is 533 g/mol. The molecule has 1 saturated carbocycles. The number of nitrogens with one attached hydrogen (secondary N) is 1. The quantitative estimate of drug-likeness (QED) is 0.224. The molecule has 15 heteroatoms. The van der Waals surface area contributed by atoms with Crippen LogP contribution in [0.5, 0.6) is 0 Å². The number of alkyl halides is 9. The average Bonchev–Trinajstić information content (AvgIpc) is 2.73. The van der Waals surface area contributed by atoms with E-state index in [0.717, 1.165) is 0 Å². The predicted molar refractivity (Wildman–Crippen MR) is 83.1 cm³/mol. The van der Waals surface area contributed by atoms with Crippen LogP contribution >= 0.6 is 22.6 Å². The number of carbonyl (C=O) groups excluding carboxylic acids is 1. The highest BCUT2D eigenvalue weighted by Gasteiger charge is 2.74. The van der Waals surface area contributed by atoms with Crippen LogP contribution in [0.1, 0.15) is 38.5 Å². The molecular formula is C12H14F8INO4S. The van der Waals surface area contributed by atoms with Gasteiger partial charge in [0.2, 0.25) is 5.91 Å². The van der Waals surface area contributed by atoms with Gasteiger partial charge in [0.25, 0.3) is 0 Å². The van der Waals surface area contributed by atoms with E-state index in [1.807, 2.05) is 0 Å². The lowest BCUT2D eigenvalue weighted by molar-refractivity contribution is -0.438. The molecule has 1 aliphatic carbocycles. The van der Waals surface area contributed by atoms with Gasteiger partial charge in [0, 0.05) is 28.5 Å². The third-order valence-electron chi connectivity index (χ3n) is 3.72. The van der Waals surface area contributed by atoms with Crippen LogP contribution in [0.3, 0.4) is 0 Å². The Labute approximate surface area is 162 Å². The molecule has 160 valence electrons. The highest BCUT2D eigenvalue weighted by molar-refractivity contribution is 14.1. The fraction of sp³-hybridized carbons (Fsp3) is 0.917. The van der Waals surface area contributed by atoms with Crippen molar-refractivity contribution in [1.82, 2.24) is 4.72 Å². The van der Waals surface area contributed by atoms with E-state index in [1.54, 1.807) is 0 Å². The Bertz CT molecular complexity index is 644. The molecule has 1 fully saturated rings. The van der Waals surface area contributed by atoms with Crippen LogP contribution in [0.25, 0.3) is 0 Å². The van der Waals surface area contributed by atoms with Gasteiger partial charge >= 0.3 is 31.4 Å². The minimum absolute atomic E-state index is 0.110. The summed E-state index contributed by atoms with van der Waals surface area (Å²) in [5.41, 5.74) is 0. The summed E-state index contributed by atoms with van der Waals surface area (Å²) in [6.07, 6.45) is -10.2. The van der Waals surface area contributed by atoms with E-state index >= 15 is 0 Å². The zero-order chi connectivity index (χ0) is 21.3. The maximum atomic E-state index is 13.6. The van der Waals surface area contributed by atoms with Crippen molar-refractivity contribution in [3.05, 3.63) is 0 Å². The Morgan fingerprint density at radius 1 is 0.889 bits per heavy atom. The van der Waals surface area contributed by atoms with Crippen LogP contribution < -0.4 is 4.72 Å². The van der Waals surface area contributed by atoms with Gasteiger partial charge in [0.1, 0.15) is 0 Å². The molecule has 0 aromatic rings. The normalized spacial score (nSPS) is 18.9. The van der Waals surface area contributed by atoms with Gasteiger partial charge in [-0.25, -0.2) is 9.46 Å². The fourth-order valence-corrected chi connectivity index (χ4v) is 3.28. The second kappa shape index (κ2) is 8.12. The zero-order valence-electron chi connectivity index (χ0n) is 13.3. The number of hydrogen-bond donors (Lipinski definition) is 1. The smallest absolute Gasteiger partial charge is 0.274 e. The van der Waals surface area contributed by atoms with Crippen molar-refractivity contribution in [2.75, 3.05) is 0 Å². The van der Waals surface area contributed by atoms with Crippen molar-refractivity contribution in [2.24, 2.45) is 5.92 Å². The first kappa shape index (κ1) is 24.6. The number of carbonyl (C=O) groups is 1. The van der Waals surface area contributed by atoms with E-state index in [2.05, 4.69) is 4.74 Å². The molecule has 0 heterocycles. The maximum Gasteiger partial charge on any atom is 0.453 e. The van der Waals surface area contributed by atoms with Crippen molar-refractivity contribution in [2.45, 2.75) is 59.9 Å². The minimum Gasteiger partial charge on any atom is -0.274 e. The molecule has 0 spiro atoms. The number of sulfonamides is 1. The molecule has 1 N–H and O–H groups in total. The number of amides is 1. The molecule has 1 aliphatic rings. The second-order valence-corrected chi connectivity index (χ2v) is 8.89. The third kappa shape index (κ3) is 5.55. The predicted octanol–water partition coefficient (Wildman–Crippen LogP) is 4.23. The number of rotatable bonds is 7. The molecule has 1 rings (SSSR count). The second-order valence-electron chi connectivity index (χ2n) is 5.81. The third-order valence-corrected chi connectivity index (χ3v) is 5.73. The Kier molecular flexibility index (Phi) is 7.39. The summed E-state index contributed by atoms with van der Waals surface area (Å²) in [4.78, 5) is 11.8. The van der Waals surface area contributed by atoms with Gasteiger partial charge in [0.05, 0.1) is 0 Å². The van der Waals surface area contributed by atoms with Crippen LogP contribution in [0.15, 0.2) is 0 Å². The summed E-state index contributed by atoms with van der Waals surface area (Å²) in [6.45, 7) is 0. The summed E-state index contributed by atoms with van der Waals surface area (Å²) in [6, 6.07) is 0. The minimum atomic E-state index is -6.58. The molecule has 0 bridgehead atoms. The van der Waals surface area contributed by atoms with E-state index < -0.39 is 43.2 Å². The van der Waals surface area contributed by atoms with Gasteiger partial charge in [-0.15, -0.1) is 0 Å². The van der Waals surface area contributed by atoms with E-state index in [0.29, 0.717) is 30.4 Å². The summed E-state index contributed by atoms with van der Waals surface area (Å²) in [5, 5.41) is -6.44. The number of hydrogen-bond acceptors (Lipinski definition) is 4. The van der Waals surface area contributed by atoms with Crippen LogP contribution in [0.2, 0.25) is 0 Å². The Hall–Kier alpha value is -0.450. The number of halogens is 9. The van der Waals surface area contributed by atoms with E-state index in [-0.39, 0.29) is 35.4 Å². The van der Waals surface area contributed by atoms with Gasteiger partial charge in [-0.3, -0.25) is 4.79 Å². The molecule has 0 aromatic heterocycles. The first-order chi connectivity index (χ1) is 11.9. The van der Waals surface area contributed by atoms with Gasteiger partial charge in [-0.1, -0.05) is 25.7 Å². The maximum absolute atomic E-state index is 13.6. The lowest BCUT2D eigenvalue weighted by Crippen LogP contribution is -2.58. The van der Waals surface area contributed by atoms with Crippen LogP contribution in [0, 0.1) is 5.92 Å². The van der Waals surface area contributed by atoms with Gasteiger partial charge in [-0.2, -0.15) is 43.5 Å². The Morgan fingerprint density at radius 3 is 1.74 bits per heavy atom. The monoisotopic (exact) mass is 547 g/mol. The molecule has 1 amide bonds. The average molecular weight is 547 g/mol. The van der Waals surface area contributed by atoms with Gasteiger partial charge in [0.15, 0.2) is 0 Å². The van der Waals surface area contributed by atoms with Crippen LogP contribution in [-0.4, -0.2) is 35.7 Å². The van der Waals surface area contributed by atoms with Crippen molar-refractivity contribution in [1.29, 1.82) is 0 Å². The Balaban J connectivity index is 3.02. The lowest BCUT2D eigenvalue weighted by Gasteiger charge is -2.30. The van der Waals surface area contributed by atoms with E-state index in [9.17, 15) is 48.3 Å². The van der Waals surface area contributed by atoms with E-state index in [4.69, 9.17) is 0 Å². The summed E-state index contributed by atoms with van der Waals surface area (Å²) in [7, 11) is -6.58. The zero-order valence-corrected chi connectivity index (χ0v) is 16.2. The first-order valence-corrected chi connectivity index (χ1v) is 9.97. The Morgan fingerprint density at radius 2 is 1.33 bits per heavy atom. The summed E-state index contributed by atoms with van der Waals surface area (Å²) >= 11 is -0.344. The largest absolute Gasteiger partial charge is 0.453 e. The van der Waals surface area contributed by atoms with Crippen molar-refractivity contribution in [3.63, 3.8) is 0 Å². The molecule has 0 aromatic carbocycles. The SMILES string of the molecule is O=C(NS(=O)(=O)C(F)(F)C(F)(F)OC(F)(F)C(F)(F)I)C1CCCCCC1. The van der Waals surface area contributed by atoms with Crippen LogP contribution in [-0.2, 0) is 19.6 Å². The molecule has 0 unspecified atom stereocenters. The molecule has 0 atom stereocenters. The van der Waals surface area contributed by atoms with Crippen molar-refractivity contribution >= 4 is 38.5 Å². The first-order valence-electron chi connectivity index (χ1n) is 7.41. The standard InChI is InChI=1S/C12H14F8INO4S/c13-9(14,21)10(15,16)26-11(17,18)12(19,20)27(24,25)22-8(23)7-5-3-1-2-4-6-7/h7H,1-6H2,(H,22,23). The van der Waals surface area contributed by atoms with Crippen LogP contribution in [0.4, 0.5) is 35.1 Å². The molecule has 0 saturated heterocycles.